The molecule has 47 heavy (non-hydrogen) atoms. The Morgan fingerprint density at radius 1 is 0.660 bits per heavy atom. The summed E-state index contributed by atoms with van der Waals surface area (Å²) in [5.74, 6) is 0. The topological polar surface area (TPSA) is 51.8 Å². The van der Waals surface area contributed by atoms with Crippen LogP contribution in [0.4, 0.5) is 0 Å². The first-order chi connectivity index (χ1) is 22.6. The number of fused-ring (bicyclic) bond motifs is 3. The SMILES string of the molecule is Cc1ccc(-c2[c-]cccc2)nc1.Cc1cnc(-c2[c-]ccc3c2oc2nc(Cc4ccccc4)ccc23)cc1-c1ccccc1.[Ir]. The monoisotopic (exact) mass is 786 g/mol. The number of rotatable bonds is 5. The molecule has 0 bridgehead atoms. The Morgan fingerprint density at radius 2 is 1.43 bits per heavy atom. The number of aryl methyl sites for hydroxylation is 2. The van der Waals surface area contributed by atoms with Crippen molar-refractivity contribution < 1.29 is 24.5 Å². The van der Waals surface area contributed by atoms with Gasteiger partial charge in [-0.15, -0.1) is 54.1 Å². The average molecular weight is 786 g/mol. The van der Waals surface area contributed by atoms with Gasteiger partial charge in [-0.25, -0.2) is 4.98 Å². The maximum Gasteiger partial charge on any atom is 0.216 e. The number of furan rings is 1. The number of hydrogen-bond acceptors (Lipinski definition) is 4. The third-order valence-corrected chi connectivity index (χ3v) is 7.92. The van der Waals surface area contributed by atoms with Gasteiger partial charge in [-0.1, -0.05) is 89.8 Å². The molecule has 0 saturated heterocycles. The molecule has 8 rings (SSSR count). The largest absolute Gasteiger partial charge is 0.486 e. The van der Waals surface area contributed by atoms with E-state index in [1.807, 2.05) is 73.9 Å². The Morgan fingerprint density at radius 3 is 2.17 bits per heavy atom. The molecule has 0 saturated carbocycles. The molecule has 0 aliphatic carbocycles. The Bertz CT molecular complexity index is 2230. The minimum Gasteiger partial charge on any atom is -0.486 e. The van der Waals surface area contributed by atoms with Crippen LogP contribution >= 0.6 is 0 Å². The van der Waals surface area contributed by atoms with Gasteiger partial charge in [-0.3, -0.25) is 0 Å². The van der Waals surface area contributed by atoms with Crippen LogP contribution in [0.15, 0.2) is 144 Å². The first kappa shape index (κ1) is 31.7. The van der Waals surface area contributed by atoms with Crippen LogP contribution in [-0.4, -0.2) is 15.0 Å². The first-order valence-electron chi connectivity index (χ1n) is 15.3. The summed E-state index contributed by atoms with van der Waals surface area (Å²) in [4.78, 5) is 13.9. The predicted octanol–water partition coefficient (Wildman–Crippen LogP) is 10.3. The molecule has 0 aliphatic rings. The van der Waals surface area contributed by atoms with E-state index in [0.29, 0.717) is 5.71 Å². The molecule has 4 nitrogen and oxygen atoms in total. The fourth-order valence-corrected chi connectivity index (χ4v) is 5.52. The summed E-state index contributed by atoms with van der Waals surface area (Å²) in [7, 11) is 0. The molecule has 0 N–H and O–H groups in total. The van der Waals surface area contributed by atoms with Crippen LogP contribution in [-0.2, 0) is 26.5 Å². The van der Waals surface area contributed by atoms with Crippen LogP contribution in [0.2, 0.25) is 0 Å². The quantitative estimate of drug-likeness (QED) is 0.163. The van der Waals surface area contributed by atoms with Gasteiger partial charge >= 0.3 is 0 Å². The average Bonchev–Trinajstić information content (AvgIpc) is 3.48. The van der Waals surface area contributed by atoms with E-state index in [2.05, 4.69) is 96.8 Å². The molecule has 0 amide bonds. The summed E-state index contributed by atoms with van der Waals surface area (Å²) in [5, 5.41) is 2.04. The number of aromatic nitrogens is 3. The van der Waals surface area contributed by atoms with E-state index in [9.17, 15) is 0 Å². The molecule has 8 aromatic rings. The van der Waals surface area contributed by atoms with Crippen molar-refractivity contribution in [3.8, 4) is 33.6 Å². The Hall–Kier alpha value is -5.22. The molecule has 4 aromatic heterocycles. The van der Waals surface area contributed by atoms with Crippen LogP contribution in [0.3, 0.4) is 0 Å². The molecule has 0 spiro atoms. The second-order valence-corrected chi connectivity index (χ2v) is 11.3. The van der Waals surface area contributed by atoms with Crippen molar-refractivity contribution in [1.29, 1.82) is 0 Å². The molecular formula is C42H31IrN3O-2. The molecule has 4 heterocycles. The summed E-state index contributed by atoms with van der Waals surface area (Å²) in [6.45, 7) is 4.12. The van der Waals surface area contributed by atoms with Crippen molar-refractivity contribution in [2.45, 2.75) is 20.3 Å². The van der Waals surface area contributed by atoms with E-state index in [1.54, 1.807) is 0 Å². The van der Waals surface area contributed by atoms with E-state index in [1.165, 1.54) is 16.7 Å². The number of hydrogen-bond donors (Lipinski definition) is 0. The van der Waals surface area contributed by atoms with Gasteiger partial charge in [0.2, 0.25) is 5.71 Å². The Labute approximate surface area is 288 Å². The predicted molar refractivity (Wildman–Crippen MR) is 186 cm³/mol. The van der Waals surface area contributed by atoms with Gasteiger partial charge in [0, 0.05) is 50.0 Å². The Kier molecular flexibility index (Phi) is 9.77. The van der Waals surface area contributed by atoms with Gasteiger partial charge in [0.1, 0.15) is 0 Å². The van der Waals surface area contributed by atoms with E-state index in [4.69, 9.17) is 14.4 Å². The fraction of sp³-hybridized carbons (Fsp3) is 0.0714. The van der Waals surface area contributed by atoms with Crippen LogP contribution in [0.25, 0.3) is 55.7 Å². The molecule has 1 radical (unpaired) electrons. The van der Waals surface area contributed by atoms with Gasteiger partial charge in [-0.2, -0.15) is 0 Å². The summed E-state index contributed by atoms with van der Waals surface area (Å²) < 4.78 is 6.31. The van der Waals surface area contributed by atoms with E-state index in [-0.39, 0.29) is 20.1 Å². The van der Waals surface area contributed by atoms with E-state index >= 15 is 0 Å². The zero-order chi connectivity index (χ0) is 31.3. The molecular weight excluding hydrogens is 755 g/mol. The molecule has 5 heteroatoms. The van der Waals surface area contributed by atoms with Crippen molar-refractivity contribution in [3.05, 3.63) is 174 Å². The minimum atomic E-state index is 0. The fourth-order valence-electron chi connectivity index (χ4n) is 5.52. The van der Waals surface area contributed by atoms with Crippen LogP contribution in [0, 0.1) is 26.0 Å². The minimum absolute atomic E-state index is 0. The van der Waals surface area contributed by atoms with Crippen molar-refractivity contribution in [2.24, 2.45) is 0 Å². The number of nitrogens with zero attached hydrogens (tertiary/aromatic N) is 3. The van der Waals surface area contributed by atoms with Gasteiger partial charge in [0.15, 0.2) is 0 Å². The second-order valence-electron chi connectivity index (χ2n) is 11.3. The molecule has 0 atom stereocenters. The number of benzene rings is 4. The van der Waals surface area contributed by atoms with Gasteiger partial charge in [0.05, 0.1) is 5.58 Å². The van der Waals surface area contributed by atoms with E-state index < -0.39 is 0 Å². The molecule has 0 fully saturated rings. The van der Waals surface area contributed by atoms with Crippen molar-refractivity contribution in [2.75, 3.05) is 0 Å². The smallest absolute Gasteiger partial charge is 0.216 e. The van der Waals surface area contributed by atoms with Crippen LogP contribution in [0.1, 0.15) is 22.4 Å². The van der Waals surface area contributed by atoms with Gasteiger partial charge in [-0.05, 0) is 65.2 Å². The van der Waals surface area contributed by atoms with E-state index in [0.717, 1.165) is 62.1 Å². The van der Waals surface area contributed by atoms with Crippen molar-refractivity contribution in [3.63, 3.8) is 0 Å². The Balaban J connectivity index is 0.000000232. The first-order valence-corrected chi connectivity index (χ1v) is 15.3. The van der Waals surface area contributed by atoms with Crippen LogP contribution in [0.5, 0.6) is 0 Å². The zero-order valence-corrected chi connectivity index (χ0v) is 28.5. The normalized spacial score (nSPS) is 10.7. The summed E-state index contributed by atoms with van der Waals surface area (Å²) in [5.41, 5.74) is 12.0. The van der Waals surface area contributed by atoms with Gasteiger partial charge < -0.3 is 14.4 Å². The summed E-state index contributed by atoms with van der Waals surface area (Å²) in [6.07, 6.45) is 4.56. The molecule has 0 aliphatic heterocycles. The third-order valence-electron chi connectivity index (χ3n) is 7.92. The summed E-state index contributed by atoms with van der Waals surface area (Å²) in [6, 6.07) is 49.5. The third kappa shape index (κ3) is 7.12. The zero-order valence-electron chi connectivity index (χ0n) is 26.1. The molecule has 231 valence electrons. The number of pyridine rings is 3. The van der Waals surface area contributed by atoms with Gasteiger partial charge in [0.25, 0.3) is 0 Å². The maximum absolute atomic E-state index is 6.31. The molecule has 4 aromatic carbocycles. The van der Waals surface area contributed by atoms with Crippen LogP contribution < -0.4 is 0 Å². The standard InChI is InChI=1S/C30H21N2O.C12H10N.Ir/c1-20-19-31-28(18-27(20)22-11-6-3-7-12-22)26-14-8-13-24-25-16-15-23(32-30(25)33-29(24)26)17-21-9-4-2-5-10-21;1-10-7-8-12(13-9-10)11-5-3-2-4-6-11;/h2-13,15-16,18-19H,17H2,1H3;2-5,7-9H,1H3;/q2*-1;. The summed E-state index contributed by atoms with van der Waals surface area (Å²) >= 11 is 0. The van der Waals surface area contributed by atoms with Crippen molar-refractivity contribution >= 4 is 22.1 Å². The maximum atomic E-state index is 6.31. The second kappa shape index (κ2) is 14.5. The molecule has 0 unspecified atom stereocenters. The van der Waals surface area contributed by atoms with Crippen molar-refractivity contribution in [1.82, 2.24) is 15.0 Å².